The summed E-state index contributed by atoms with van der Waals surface area (Å²) in [4.78, 5) is 29.0. The van der Waals surface area contributed by atoms with Crippen LogP contribution in [0.15, 0.2) is 164 Å². The van der Waals surface area contributed by atoms with Crippen LogP contribution >= 0.6 is 0 Å². The van der Waals surface area contributed by atoms with Crippen molar-refractivity contribution < 1.29 is 39.5 Å². The lowest BCUT2D eigenvalue weighted by molar-refractivity contribution is -0.138. The third kappa shape index (κ3) is 9.00. The molecule has 0 aliphatic heterocycles. The van der Waals surface area contributed by atoms with Crippen molar-refractivity contribution in [1.29, 1.82) is 0 Å². The Labute approximate surface area is 375 Å². The van der Waals surface area contributed by atoms with E-state index in [1.54, 1.807) is 109 Å². The Bertz CT molecular complexity index is 3230. The third-order valence-corrected chi connectivity index (χ3v) is 10.8. The quantitative estimate of drug-likeness (QED) is 0.112. The minimum absolute atomic E-state index is 0.0342. The van der Waals surface area contributed by atoms with Gasteiger partial charge in [-0.15, -0.1) is 0 Å². The van der Waals surface area contributed by atoms with E-state index in [9.17, 15) is 39.5 Å². The molecule has 0 aliphatic rings. The molecule has 6 nitrogen and oxygen atoms in total. The molecule has 0 saturated carbocycles. The molecule has 0 N–H and O–H groups in total. The number of rotatable bonds is 8. The Hall–Kier alpha value is -8.07. The SMILES string of the molecule is C=C/C(=C\c1nc(-c2ccccc2)c(-c2cc(-c3nc4ccc(C(F)(F)F)cc4nc3-c3ccccc3)cc(-c3nc4ccc(C(F)(F)F)cc4nc3-c3ccccc3)c2)nc1C)C(F)(F)F. The molecule has 0 bridgehead atoms. The highest BCUT2D eigenvalue weighted by Gasteiger charge is 2.34. The summed E-state index contributed by atoms with van der Waals surface area (Å²) in [5.41, 5.74) is 1.14. The van der Waals surface area contributed by atoms with Crippen LogP contribution in [0.4, 0.5) is 39.5 Å². The van der Waals surface area contributed by atoms with Crippen LogP contribution in [0.1, 0.15) is 22.5 Å². The summed E-state index contributed by atoms with van der Waals surface area (Å²) in [5, 5.41) is 0. The zero-order chi connectivity index (χ0) is 47.3. The number of hydrogen-bond acceptors (Lipinski definition) is 6. The van der Waals surface area contributed by atoms with E-state index in [1.165, 1.54) is 19.1 Å². The molecule has 3 heterocycles. The molecule has 0 fully saturated rings. The Balaban J connectivity index is 1.39. The lowest BCUT2D eigenvalue weighted by atomic mass is 9.93. The fourth-order valence-electron chi connectivity index (χ4n) is 7.57. The number of allylic oxidation sites excluding steroid dienone is 2. The van der Waals surface area contributed by atoms with Gasteiger partial charge in [0.2, 0.25) is 0 Å². The predicted molar refractivity (Wildman–Crippen MR) is 240 cm³/mol. The van der Waals surface area contributed by atoms with Gasteiger partial charge in [0.25, 0.3) is 0 Å². The number of halogens is 9. The fraction of sp³-hybridized carbons (Fsp3) is 0.0769. The molecule has 6 aromatic carbocycles. The molecule has 0 radical (unpaired) electrons. The molecule has 332 valence electrons. The number of benzene rings is 6. The van der Waals surface area contributed by atoms with E-state index < -0.39 is 35.2 Å². The van der Waals surface area contributed by atoms with E-state index in [0.29, 0.717) is 39.5 Å². The van der Waals surface area contributed by atoms with Gasteiger partial charge < -0.3 is 0 Å². The summed E-state index contributed by atoms with van der Waals surface area (Å²) < 4.78 is 126. The zero-order valence-corrected chi connectivity index (χ0v) is 34.8. The van der Waals surface area contributed by atoms with Crippen LogP contribution in [0.5, 0.6) is 0 Å². The monoisotopic (exact) mass is 910 g/mol. The predicted octanol–water partition coefficient (Wildman–Crippen LogP) is 14.8. The number of nitrogens with zero attached hydrogens (tertiary/aromatic N) is 6. The van der Waals surface area contributed by atoms with Crippen molar-refractivity contribution in [3.8, 4) is 67.5 Å². The molecule has 0 unspecified atom stereocenters. The van der Waals surface area contributed by atoms with E-state index in [4.69, 9.17) is 29.9 Å². The van der Waals surface area contributed by atoms with Crippen LogP contribution in [0.2, 0.25) is 0 Å². The van der Waals surface area contributed by atoms with E-state index in [1.807, 2.05) is 0 Å². The van der Waals surface area contributed by atoms with Crippen molar-refractivity contribution >= 4 is 28.1 Å². The molecule has 9 rings (SSSR count). The van der Waals surface area contributed by atoms with Gasteiger partial charge in [-0.05, 0) is 67.6 Å². The highest BCUT2D eigenvalue weighted by molar-refractivity contribution is 5.94. The summed E-state index contributed by atoms with van der Waals surface area (Å²) in [7, 11) is 0. The van der Waals surface area contributed by atoms with Crippen molar-refractivity contribution in [3.63, 3.8) is 0 Å². The maximum atomic E-state index is 14.1. The van der Waals surface area contributed by atoms with Crippen LogP contribution < -0.4 is 0 Å². The van der Waals surface area contributed by atoms with Gasteiger partial charge in [0.15, 0.2) is 0 Å². The number of aryl methyl sites for hydroxylation is 1. The molecular weight excluding hydrogens is 880 g/mol. The molecule has 9 aromatic rings. The van der Waals surface area contributed by atoms with Gasteiger partial charge >= 0.3 is 18.5 Å². The smallest absolute Gasteiger partial charge is 0.249 e. The van der Waals surface area contributed by atoms with Gasteiger partial charge in [-0.3, -0.25) is 0 Å². The molecular formula is C52H31F9N6. The molecule has 0 saturated heterocycles. The first-order valence-corrected chi connectivity index (χ1v) is 20.3. The first-order chi connectivity index (χ1) is 31.9. The fourth-order valence-corrected chi connectivity index (χ4v) is 7.57. The number of aromatic nitrogens is 6. The molecule has 3 aromatic heterocycles. The molecule has 67 heavy (non-hydrogen) atoms. The Morgan fingerprint density at radius 2 is 0.746 bits per heavy atom. The first-order valence-electron chi connectivity index (χ1n) is 20.3. The van der Waals surface area contributed by atoms with Crippen molar-refractivity contribution in [2.24, 2.45) is 0 Å². The second-order valence-electron chi connectivity index (χ2n) is 15.3. The van der Waals surface area contributed by atoms with Crippen molar-refractivity contribution in [2.45, 2.75) is 25.5 Å². The van der Waals surface area contributed by atoms with Crippen molar-refractivity contribution in [1.82, 2.24) is 29.9 Å². The minimum Gasteiger partial charge on any atom is -0.249 e. The minimum atomic E-state index is -4.75. The van der Waals surface area contributed by atoms with Gasteiger partial charge in [0.1, 0.15) is 0 Å². The second-order valence-corrected chi connectivity index (χ2v) is 15.3. The maximum Gasteiger partial charge on any atom is 0.416 e. The molecule has 15 heteroatoms. The molecule has 0 aliphatic carbocycles. The lowest BCUT2D eigenvalue weighted by Crippen LogP contribution is -2.10. The average Bonchev–Trinajstić information content (AvgIpc) is 3.32. The van der Waals surface area contributed by atoms with Crippen LogP contribution in [-0.4, -0.2) is 36.1 Å². The highest BCUT2D eigenvalue weighted by atomic mass is 19.4. The van der Waals surface area contributed by atoms with E-state index in [-0.39, 0.29) is 67.6 Å². The Morgan fingerprint density at radius 3 is 1.10 bits per heavy atom. The van der Waals surface area contributed by atoms with E-state index in [0.717, 1.165) is 30.3 Å². The van der Waals surface area contributed by atoms with E-state index >= 15 is 0 Å². The molecule has 0 atom stereocenters. The second kappa shape index (κ2) is 17.1. The highest BCUT2D eigenvalue weighted by Crippen LogP contribution is 2.42. The van der Waals surface area contributed by atoms with Crippen LogP contribution in [-0.2, 0) is 12.4 Å². The average molecular weight is 911 g/mol. The lowest BCUT2D eigenvalue weighted by Gasteiger charge is -2.18. The zero-order valence-electron chi connectivity index (χ0n) is 34.8. The first kappa shape index (κ1) is 44.1. The van der Waals surface area contributed by atoms with Gasteiger partial charge in [-0.25, -0.2) is 29.9 Å². The third-order valence-electron chi connectivity index (χ3n) is 10.8. The Kier molecular flexibility index (Phi) is 11.2. The number of alkyl halides is 9. The largest absolute Gasteiger partial charge is 0.416 e. The summed E-state index contributed by atoms with van der Waals surface area (Å²) >= 11 is 0. The van der Waals surface area contributed by atoms with Gasteiger partial charge in [0, 0.05) is 33.4 Å². The van der Waals surface area contributed by atoms with Gasteiger partial charge in [-0.2, -0.15) is 39.5 Å². The van der Waals surface area contributed by atoms with Crippen LogP contribution in [0, 0.1) is 6.92 Å². The van der Waals surface area contributed by atoms with Crippen molar-refractivity contribution in [2.75, 3.05) is 0 Å². The summed E-state index contributed by atoms with van der Waals surface area (Å²) in [6, 6.07) is 37.2. The number of hydrogen-bond donors (Lipinski definition) is 0. The van der Waals surface area contributed by atoms with Crippen LogP contribution in [0.3, 0.4) is 0 Å². The summed E-state index contributed by atoms with van der Waals surface area (Å²) in [6.45, 7) is 4.85. The summed E-state index contributed by atoms with van der Waals surface area (Å²) in [5.74, 6) is 0. The number of fused-ring (bicyclic) bond motifs is 2. The molecule has 0 spiro atoms. The van der Waals surface area contributed by atoms with Crippen molar-refractivity contribution in [3.05, 3.63) is 186 Å². The standard InChI is InChI=1S/C52H31F9N6/c1-3-36(50(53,54)55)26-41-29(2)62-47(44(65-41)30-13-7-4-8-14-30)33-23-34(48-45(31-15-9-5-10-16-31)66-42-27-37(51(56,57)58)19-21-39(42)63-48)25-35(24-33)49-46(32-17-11-6-12-18-32)67-43-28-38(52(59,60)61)20-22-40(43)64-49/h3-28H,1H2,2H3/b36-26+. The van der Waals surface area contributed by atoms with Crippen LogP contribution in [0.25, 0.3) is 95.7 Å². The maximum absolute atomic E-state index is 14.1. The van der Waals surface area contributed by atoms with Gasteiger partial charge in [-0.1, -0.05) is 104 Å². The normalized spacial score (nSPS) is 12.5. The Morgan fingerprint density at radius 1 is 0.403 bits per heavy atom. The van der Waals surface area contributed by atoms with E-state index in [2.05, 4.69) is 6.58 Å². The van der Waals surface area contributed by atoms with Gasteiger partial charge in [0.05, 0.1) is 84.3 Å². The molecule has 0 amide bonds. The topological polar surface area (TPSA) is 77.3 Å². The summed E-state index contributed by atoms with van der Waals surface area (Å²) in [6.07, 6.45) is -12.5.